The minimum atomic E-state index is 0.133. The molecule has 1 aliphatic rings. The van der Waals surface area contributed by atoms with Crippen molar-refractivity contribution in [1.82, 2.24) is 14.7 Å². The molecule has 1 aromatic heterocycles. The second-order valence-electron chi connectivity index (χ2n) is 5.10. The van der Waals surface area contributed by atoms with Gasteiger partial charge in [0, 0.05) is 25.7 Å². The van der Waals surface area contributed by atoms with Gasteiger partial charge in [0.15, 0.2) is 5.78 Å². The van der Waals surface area contributed by atoms with Gasteiger partial charge in [-0.05, 0) is 35.2 Å². The molecule has 0 saturated carbocycles. The number of hydrogen-bond donors (Lipinski definition) is 1. The van der Waals surface area contributed by atoms with Crippen molar-refractivity contribution in [3.05, 3.63) is 16.4 Å². The number of nitrogens with zero attached hydrogens (tertiary/aromatic N) is 3. The summed E-state index contributed by atoms with van der Waals surface area (Å²) in [5, 5.41) is 4.24. The molecule has 1 saturated heterocycles. The molecule has 106 valence electrons. The van der Waals surface area contributed by atoms with Gasteiger partial charge >= 0.3 is 0 Å². The van der Waals surface area contributed by atoms with E-state index in [4.69, 9.17) is 5.73 Å². The highest BCUT2D eigenvalue weighted by Gasteiger charge is 2.22. The van der Waals surface area contributed by atoms with E-state index in [9.17, 15) is 4.79 Å². The lowest BCUT2D eigenvalue weighted by molar-refractivity contribution is 0.0898. The van der Waals surface area contributed by atoms with Crippen LogP contribution >= 0.6 is 15.9 Å². The number of aromatic nitrogens is 2. The fourth-order valence-corrected chi connectivity index (χ4v) is 2.93. The van der Waals surface area contributed by atoms with Crippen LogP contribution in [0.5, 0.6) is 0 Å². The number of hydrogen-bond acceptors (Lipinski definition) is 4. The van der Waals surface area contributed by atoms with Crippen LogP contribution in [0.15, 0.2) is 10.7 Å². The Morgan fingerprint density at radius 2 is 2.21 bits per heavy atom. The largest absolute Gasteiger partial charge is 0.328 e. The second-order valence-corrected chi connectivity index (χ2v) is 5.96. The van der Waals surface area contributed by atoms with E-state index >= 15 is 0 Å². The van der Waals surface area contributed by atoms with E-state index in [1.807, 2.05) is 0 Å². The number of rotatable bonds is 5. The summed E-state index contributed by atoms with van der Waals surface area (Å²) in [5.74, 6) is 0.133. The van der Waals surface area contributed by atoms with Crippen molar-refractivity contribution >= 4 is 21.7 Å². The lowest BCUT2D eigenvalue weighted by Gasteiger charge is -2.29. The van der Waals surface area contributed by atoms with Crippen molar-refractivity contribution in [2.75, 3.05) is 19.6 Å². The summed E-state index contributed by atoms with van der Waals surface area (Å²) in [5.41, 5.74) is 6.57. The van der Waals surface area contributed by atoms with Gasteiger partial charge in [0.05, 0.1) is 17.2 Å². The first kappa shape index (κ1) is 14.7. The summed E-state index contributed by atoms with van der Waals surface area (Å²) in [7, 11) is 0. The minimum Gasteiger partial charge on any atom is -0.328 e. The summed E-state index contributed by atoms with van der Waals surface area (Å²) in [6.45, 7) is 5.13. The van der Waals surface area contributed by atoms with Crippen LogP contribution in [0.25, 0.3) is 0 Å². The van der Waals surface area contributed by atoms with Gasteiger partial charge in [-0.25, -0.2) is 0 Å². The number of nitrogens with two attached hydrogens (primary N) is 1. The van der Waals surface area contributed by atoms with E-state index in [1.165, 1.54) is 0 Å². The van der Waals surface area contributed by atoms with E-state index in [0.717, 1.165) is 43.4 Å². The molecule has 2 heterocycles. The number of piperidine rings is 1. The first-order valence-corrected chi connectivity index (χ1v) is 7.63. The lowest BCUT2D eigenvalue weighted by Crippen LogP contribution is -2.42. The highest BCUT2D eigenvalue weighted by atomic mass is 79.9. The van der Waals surface area contributed by atoms with Crippen molar-refractivity contribution < 1.29 is 4.79 Å². The molecule has 0 spiro atoms. The molecule has 2 N–H and O–H groups in total. The van der Waals surface area contributed by atoms with Gasteiger partial charge in [0.1, 0.15) is 5.69 Å². The fourth-order valence-electron chi connectivity index (χ4n) is 2.41. The van der Waals surface area contributed by atoms with Crippen LogP contribution in [0, 0.1) is 0 Å². The number of ketones is 1. The first-order valence-electron chi connectivity index (χ1n) is 6.84. The monoisotopic (exact) mass is 328 g/mol. The van der Waals surface area contributed by atoms with Crippen LogP contribution in [0.2, 0.25) is 0 Å². The first-order chi connectivity index (χ1) is 9.11. The summed E-state index contributed by atoms with van der Waals surface area (Å²) < 4.78 is 2.59. The van der Waals surface area contributed by atoms with Gasteiger partial charge in [0.25, 0.3) is 0 Å². The van der Waals surface area contributed by atoms with Crippen LogP contribution < -0.4 is 5.73 Å². The Kier molecular flexibility index (Phi) is 5.13. The molecule has 6 heteroatoms. The molecular formula is C13H21BrN4O. The number of aryl methyl sites for hydroxylation is 1. The van der Waals surface area contributed by atoms with Crippen molar-refractivity contribution in [2.24, 2.45) is 5.73 Å². The maximum absolute atomic E-state index is 12.4. The molecule has 0 aliphatic carbocycles. The molecule has 0 aromatic carbocycles. The normalized spacial score (nSPS) is 17.8. The smallest absolute Gasteiger partial charge is 0.195 e. The van der Waals surface area contributed by atoms with Crippen molar-refractivity contribution in [1.29, 1.82) is 0 Å². The van der Waals surface area contributed by atoms with Crippen LogP contribution in [-0.2, 0) is 6.54 Å². The molecule has 0 radical (unpaired) electrons. The van der Waals surface area contributed by atoms with Gasteiger partial charge in [-0.1, -0.05) is 6.92 Å². The molecule has 1 fully saturated rings. The number of carbonyl (C=O) groups is 1. The third-order valence-electron chi connectivity index (χ3n) is 3.49. The molecule has 19 heavy (non-hydrogen) atoms. The Hall–Kier alpha value is -0.720. The maximum atomic E-state index is 12.4. The van der Waals surface area contributed by atoms with E-state index in [-0.39, 0.29) is 5.78 Å². The van der Waals surface area contributed by atoms with E-state index < -0.39 is 0 Å². The van der Waals surface area contributed by atoms with Crippen molar-refractivity contribution in [3.8, 4) is 0 Å². The van der Waals surface area contributed by atoms with Gasteiger partial charge in [-0.3, -0.25) is 14.4 Å². The Bertz CT molecular complexity index is 438. The van der Waals surface area contributed by atoms with Crippen LogP contribution in [-0.4, -0.2) is 46.1 Å². The van der Waals surface area contributed by atoms with Crippen LogP contribution in [0.3, 0.4) is 0 Å². The molecule has 0 amide bonds. The third kappa shape index (κ3) is 3.64. The Labute approximate surface area is 122 Å². The number of likely N-dealkylation sites (tertiary alicyclic amines) is 1. The third-order valence-corrected chi connectivity index (χ3v) is 4.07. The number of carbonyl (C=O) groups excluding carboxylic acids is 1. The summed E-state index contributed by atoms with van der Waals surface area (Å²) in [4.78, 5) is 14.6. The molecule has 0 bridgehead atoms. The van der Waals surface area contributed by atoms with Gasteiger partial charge in [0.2, 0.25) is 0 Å². The zero-order valence-corrected chi connectivity index (χ0v) is 12.9. The Morgan fingerprint density at radius 3 is 2.84 bits per heavy atom. The maximum Gasteiger partial charge on any atom is 0.195 e. The van der Waals surface area contributed by atoms with Gasteiger partial charge < -0.3 is 5.73 Å². The molecule has 1 aliphatic heterocycles. The number of halogens is 1. The average molecular weight is 329 g/mol. The predicted octanol–water partition coefficient (Wildman–Crippen LogP) is 1.66. The Morgan fingerprint density at radius 1 is 1.53 bits per heavy atom. The van der Waals surface area contributed by atoms with Crippen molar-refractivity contribution in [2.45, 2.75) is 38.8 Å². The highest BCUT2D eigenvalue weighted by Crippen LogP contribution is 2.18. The SMILES string of the molecule is CCCn1ncc(Br)c1C(=O)CN1CCC(N)CC1. The zero-order valence-electron chi connectivity index (χ0n) is 11.3. The quantitative estimate of drug-likeness (QED) is 0.835. The van der Waals surface area contributed by atoms with Gasteiger partial charge in [-0.2, -0.15) is 5.10 Å². The summed E-state index contributed by atoms with van der Waals surface area (Å²) in [6, 6.07) is 0.295. The molecule has 1 aromatic rings. The summed E-state index contributed by atoms with van der Waals surface area (Å²) in [6.07, 6.45) is 4.62. The number of Topliss-reactive ketones (excluding diaryl/α,β-unsaturated/α-hetero) is 1. The second kappa shape index (κ2) is 6.63. The molecule has 0 atom stereocenters. The Balaban J connectivity index is 2.01. The molecule has 2 rings (SSSR count). The topological polar surface area (TPSA) is 64.2 Å². The zero-order chi connectivity index (χ0) is 13.8. The highest BCUT2D eigenvalue weighted by molar-refractivity contribution is 9.10. The average Bonchev–Trinajstić information content (AvgIpc) is 2.74. The summed E-state index contributed by atoms with van der Waals surface area (Å²) >= 11 is 3.42. The molecule has 0 unspecified atom stereocenters. The van der Waals surface area contributed by atoms with Crippen LogP contribution in [0.1, 0.15) is 36.7 Å². The van der Waals surface area contributed by atoms with E-state index in [2.05, 4.69) is 32.9 Å². The standard InChI is InChI=1S/C13H21BrN4O/c1-2-5-18-13(11(14)8-16-18)12(19)9-17-6-3-10(15)4-7-17/h8,10H,2-7,9,15H2,1H3. The fraction of sp³-hybridized carbons (Fsp3) is 0.692. The van der Waals surface area contributed by atoms with Crippen molar-refractivity contribution in [3.63, 3.8) is 0 Å². The predicted molar refractivity (Wildman–Crippen MR) is 78.2 cm³/mol. The van der Waals surface area contributed by atoms with E-state index in [1.54, 1.807) is 10.9 Å². The lowest BCUT2D eigenvalue weighted by atomic mass is 10.1. The van der Waals surface area contributed by atoms with Gasteiger partial charge in [-0.15, -0.1) is 0 Å². The minimum absolute atomic E-state index is 0.133. The molecular weight excluding hydrogens is 308 g/mol. The van der Waals surface area contributed by atoms with E-state index in [0.29, 0.717) is 18.3 Å². The van der Waals surface area contributed by atoms with Crippen LogP contribution in [0.4, 0.5) is 0 Å². The molecule has 5 nitrogen and oxygen atoms in total.